The first-order valence-electron chi connectivity index (χ1n) is 6.25. The predicted molar refractivity (Wildman–Crippen MR) is 73.6 cm³/mol. The SMILES string of the molecule is CN=C(NCCCOC)NCCN(C)C(C)C. The van der Waals surface area contributed by atoms with E-state index in [4.69, 9.17) is 4.74 Å². The van der Waals surface area contributed by atoms with Gasteiger partial charge in [-0.3, -0.25) is 4.99 Å². The Morgan fingerprint density at radius 2 is 1.94 bits per heavy atom. The molecule has 0 aromatic carbocycles. The highest BCUT2D eigenvalue weighted by atomic mass is 16.5. The van der Waals surface area contributed by atoms with E-state index in [1.807, 2.05) is 0 Å². The zero-order valence-electron chi connectivity index (χ0n) is 11.9. The molecule has 5 heteroatoms. The molecule has 0 aliphatic rings. The van der Waals surface area contributed by atoms with Gasteiger partial charge in [0.15, 0.2) is 5.96 Å². The Balaban J connectivity index is 3.62. The molecular weight excluding hydrogens is 216 g/mol. The van der Waals surface area contributed by atoms with Crippen molar-refractivity contribution in [3.05, 3.63) is 0 Å². The molecular formula is C12H28N4O. The fourth-order valence-electron chi connectivity index (χ4n) is 1.25. The number of nitrogens with one attached hydrogen (secondary N) is 2. The summed E-state index contributed by atoms with van der Waals surface area (Å²) in [6, 6.07) is 0.577. The minimum absolute atomic E-state index is 0.577. The maximum Gasteiger partial charge on any atom is 0.191 e. The van der Waals surface area contributed by atoms with Crippen LogP contribution in [0.3, 0.4) is 0 Å². The van der Waals surface area contributed by atoms with E-state index >= 15 is 0 Å². The lowest BCUT2D eigenvalue weighted by Gasteiger charge is -2.21. The molecule has 2 N–H and O–H groups in total. The van der Waals surface area contributed by atoms with Gasteiger partial charge in [0.25, 0.3) is 0 Å². The van der Waals surface area contributed by atoms with E-state index in [0.29, 0.717) is 6.04 Å². The summed E-state index contributed by atoms with van der Waals surface area (Å²) in [7, 11) is 5.63. The first-order chi connectivity index (χ1) is 8.11. The molecule has 0 saturated heterocycles. The predicted octanol–water partition coefficient (Wildman–Crippen LogP) is 0.528. The molecule has 0 aromatic heterocycles. The van der Waals surface area contributed by atoms with E-state index in [1.54, 1.807) is 14.2 Å². The van der Waals surface area contributed by atoms with Gasteiger partial charge in [-0.2, -0.15) is 0 Å². The van der Waals surface area contributed by atoms with Crippen molar-refractivity contribution < 1.29 is 4.74 Å². The summed E-state index contributed by atoms with van der Waals surface area (Å²) in [5.74, 6) is 0.859. The highest BCUT2D eigenvalue weighted by Gasteiger charge is 2.02. The molecule has 0 aromatic rings. The Hall–Kier alpha value is -0.810. The average molecular weight is 244 g/mol. The molecule has 0 bridgehead atoms. The van der Waals surface area contributed by atoms with Crippen LogP contribution in [-0.2, 0) is 4.74 Å². The van der Waals surface area contributed by atoms with E-state index in [0.717, 1.165) is 38.6 Å². The van der Waals surface area contributed by atoms with Gasteiger partial charge in [-0.1, -0.05) is 0 Å². The molecule has 0 rings (SSSR count). The second kappa shape index (κ2) is 10.4. The summed E-state index contributed by atoms with van der Waals surface area (Å²) in [5, 5.41) is 6.54. The number of hydrogen-bond acceptors (Lipinski definition) is 3. The molecule has 0 amide bonds. The highest BCUT2D eigenvalue weighted by Crippen LogP contribution is 1.90. The molecule has 0 spiro atoms. The average Bonchev–Trinajstić information content (AvgIpc) is 2.31. The molecule has 0 atom stereocenters. The molecule has 0 heterocycles. The van der Waals surface area contributed by atoms with Crippen molar-refractivity contribution in [2.24, 2.45) is 4.99 Å². The van der Waals surface area contributed by atoms with E-state index in [2.05, 4.69) is 41.4 Å². The van der Waals surface area contributed by atoms with Crippen LogP contribution in [0.25, 0.3) is 0 Å². The Kier molecular flexibility index (Phi) is 9.86. The number of likely N-dealkylation sites (N-methyl/N-ethyl adjacent to an activating group) is 1. The van der Waals surface area contributed by atoms with Crippen LogP contribution < -0.4 is 10.6 Å². The fourth-order valence-corrected chi connectivity index (χ4v) is 1.25. The second-order valence-corrected chi connectivity index (χ2v) is 4.35. The van der Waals surface area contributed by atoms with Crippen molar-refractivity contribution in [1.29, 1.82) is 0 Å². The van der Waals surface area contributed by atoms with Gasteiger partial charge < -0.3 is 20.3 Å². The van der Waals surface area contributed by atoms with Gasteiger partial charge in [-0.25, -0.2) is 0 Å². The Morgan fingerprint density at radius 3 is 2.47 bits per heavy atom. The van der Waals surface area contributed by atoms with Crippen molar-refractivity contribution in [2.75, 3.05) is 47.4 Å². The Labute approximate surface area is 106 Å². The second-order valence-electron chi connectivity index (χ2n) is 4.35. The van der Waals surface area contributed by atoms with Crippen molar-refractivity contribution in [3.8, 4) is 0 Å². The van der Waals surface area contributed by atoms with Gasteiger partial charge in [0.1, 0.15) is 0 Å². The summed E-state index contributed by atoms with van der Waals surface area (Å²) in [4.78, 5) is 6.46. The van der Waals surface area contributed by atoms with Gasteiger partial charge in [0.05, 0.1) is 0 Å². The van der Waals surface area contributed by atoms with Gasteiger partial charge in [0.2, 0.25) is 0 Å². The molecule has 0 unspecified atom stereocenters. The van der Waals surface area contributed by atoms with Crippen LogP contribution in [-0.4, -0.2) is 64.3 Å². The maximum absolute atomic E-state index is 4.99. The number of hydrogen-bond donors (Lipinski definition) is 2. The van der Waals surface area contributed by atoms with Crippen molar-refractivity contribution in [2.45, 2.75) is 26.3 Å². The molecule has 0 saturated carbocycles. The summed E-state index contributed by atoms with van der Waals surface area (Å²) in [5.41, 5.74) is 0. The minimum Gasteiger partial charge on any atom is -0.385 e. The van der Waals surface area contributed by atoms with E-state index in [-0.39, 0.29) is 0 Å². The van der Waals surface area contributed by atoms with E-state index < -0.39 is 0 Å². The highest BCUT2D eigenvalue weighted by molar-refractivity contribution is 5.79. The summed E-state index contributed by atoms with van der Waals surface area (Å²) >= 11 is 0. The van der Waals surface area contributed by atoms with Crippen LogP contribution in [0.2, 0.25) is 0 Å². The molecule has 102 valence electrons. The lowest BCUT2D eigenvalue weighted by atomic mass is 10.3. The summed E-state index contributed by atoms with van der Waals surface area (Å²) < 4.78 is 4.99. The first kappa shape index (κ1) is 16.2. The summed E-state index contributed by atoms with van der Waals surface area (Å²) in [6.07, 6.45) is 0.989. The molecule has 0 aliphatic carbocycles. The third-order valence-corrected chi connectivity index (χ3v) is 2.68. The smallest absolute Gasteiger partial charge is 0.191 e. The summed E-state index contributed by atoms with van der Waals surface area (Å²) in [6.45, 7) is 7.96. The molecule has 0 aliphatic heterocycles. The number of aliphatic imine (C=N–C) groups is 1. The minimum atomic E-state index is 0.577. The third-order valence-electron chi connectivity index (χ3n) is 2.68. The normalized spacial score (nSPS) is 12.3. The number of nitrogens with zero attached hydrogens (tertiary/aromatic N) is 2. The fraction of sp³-hybridized carbons (Fsp3) is 0.917. The number of guanidine groups is 1. The van der Waals surface area contributed by atoms with Crippen molar-refractivity contribution in [1.82, 2.24) is 15.5 Å². The van der Waals surface area contributed by atoms with Crippen LogP contribution in [0.15, 0.2) is 4.99 Å². The first-order valence-corrected chi connectivity index (χ1v) is 6.25. The Morgan fingerprint density at radius 1 is 1.29 bits per heavy atom. The largest absolute Gasteiger partial charge is 0.385 e. The maximum atomic E-state index is 4.99. The Bertz CT molecular complexity index is 207. The van der Waals surface area contributed by atoms with Gasteiger partial charge in [0, 0.05) is 46.4 Å². The molecule has 5 nitrogen and oxygen atoms in total. The number of rotatable bonds is 8. The van der Waals surface area contributed by atoms with Crippen molar-refractivity contribution >= 4 is 5.96 Å². The molecule has 0 radical (unpaired) electrons. The monoisotopic (exact) mass is 244 g/mol. The molecule has 0 fully saturated rings. The van der Waals surface area contributed by atoms with Gasteiger partial charge in [-0.15, -0.1) is 0 Å². The zero-order valence-corrected chi connectivity index (χ0v) is 11.9. The molecule has 17 heavy (non-hydrogen) atoms. The number of ether oxygens (including phenoxy) is 1. The van der Waals surface area contributed by atoms with Crippen LogP contribution in [0, 0.1) is 0 Å². The lowest BCUT2D eigenvalue weighted by molar-refractivity contribution is 0.195. The van der Waals surface area contributed by atoms with Gasteiger partial charge >= 0.3 is 0 Å². The quantitative estimate of drug-likeness (QED) is 0.371. The van der Waals surface area contributed by atoms with Crippen LogP contribution in [0.5, 0.6) is 0 Å². The van der Waals surface area contributed by atoms with Crippen LogP contribution in [0.4, 0.5) is 0 Å². The van der Waals surface area contributed by atoms with Crippen LogP contribution >= 0.6 is 0 Å². The topological polar surface area (TPSA) is 48.9 Å². The van der Waals surface area contributed by atoms with Gasteiger partial charge in [-0.05, 0) is 27.3 Å². The standard InChI is InChI=1S/C12H28N4O/c1-11(2)16(4)9-8-15-12(13-3)14-7-6-10-17-5/h11H,6-10H2,1-5H3,(H2,13,14,15). The third kappa shape index (κ3) is 8.94. The van der Waals surface area contributed by atoms with E-state index in [9.17, 15) is 0 Å². The lowest BCUT2D eigenvalue weighted by Crippen LogP contribution is -2.42. The van der Waals surface area contributed by atoms with Crippen molar-refractivity contribution in [3.63, 3.8) is 0 Å². The van der Waals surface area contributed by atoms with E-state index in [1.165, 1.54) is 0 Å². The zero-order chi connectivity index (χ0) is 13.1. The van der Waals surface area contributed by atoms with Crippen LogP contribution in [0.1, 0.15) is 20.3 Å². The number of methoxy groups -OCH3 is 1.